The molecule has 3 heterocycles. The number of piperidine rings is 1. The maximum atomic E-state index is 12.8. The SMILES string of the molecule is O=C(NCC1CCN(C(=O)c2cc3ccccc3o2)CC1)C1CC(=O)N(c2ccccc2)C1. The first-order valence-electron chi connectivity index (χ1n) is 11.5. The van der Waals surface area contributed by atoms with Crippen LogP contribution < -0.4 is 10.2 Å². The van der Waals surface area contributed by atoms with Crippen LogP contribution in [-0.2, 0) is 9.59 Å². The third kappa shape index (κ3) is 4.49. The molecule has 5 rings (SSSR count). The third-order valence-corrected chi connectivity index (χ3v) is 6.67. The number of likely N-dealkylation sites (tertiary alicyclic amines) is 1. The molecule has 3 amide bonds. The predicted molar refractivity (Wildman–Crippen MR) is 125 cm³/mol. The predicted octanol–water partition coefficient (Wildman–Crippen LogP) is 3.45. The molecule has 1 atom stereocenters. The number of benzene rings is 2. The second-order valence-electron chi connectivity index (χ2n) is 8.87. The van der Waals surface area contributed by atoms with Crippen LogP contribution in [0, 0.1) is 11.8 Å². The molecule has 2 aliphatic heterocycles. The van der Waals surface area contributed by atoms with E-state index in [1.165, 1.54) is 0 Å². The molecular weight excluding hydrogens is 418 g/mol. The van der Waals surface area contributed by atoms with Crippen LogP contribution in [0.1, 0.15) is 29.8 Å². The summed E-state index contributed by atoms with van der Waals surface area (Å²) in [5.74, 6) is 0.195. The highest BCUT2D eigenvalue weighted by atomic mass is 16.3. The van der Waals surface area contributed by atoms with E-state index in [1.54, 1.807) is 11.0 Å². The Bertz CT molecular complexity index is 1130. The van der Waals surface area contributed by atoms with Crippen molar-refractivity contribution >= 4 is 34.4 Å². The molecule has 7 heteroatoms. The van der Waals surface area contributed by atoms with Gasteiger partial charge in [-0.05, 0) is 43.0 Å². The third-order valence-electron chi connectivity index (χ3n) is 6.67. The van der Waals surface area contributed by atoms with Crippen LogP contribution in [0.2, 0.25) is 0 Å². The van der Waals surface area contributed by atoms with Gasteiger partial charge in [0, 0.05) is 43.7 Å². The van der Waals surface area contributed by atoms with E-state index in [-0.39, 0.29) is 30.1 Å². The quantitative estimate of drug-likeness (QED) is 0.652. The topological polar surface area (TPSA) is 82.9 Å². The van der Waals surface area contributed by atoms with Crippen molar-refractivity contribution in [1.29, 1.82) is 0 Å². The summed E-state index contributed by atoms with van der Waals surface area (Å²) in [4.78, 5) is 41.4. The van der Waals surface area contributed by atoms with Crippen LogP contribution in [0.15, 0.2) is 65.1 Å². The lowest BCUT2D eigenvalue weighted by atomic mass is 9.96. The summed E-state index contributed by atoms with van der Waals surface area (Å²) in [5, 5.41) is 3.97. The average molecular weight is 446 g/mol. The molecule has 2 fully saturated rings. The van der Waals surface area contributed by atoms with Gasteiger partial charge < -0.3 is 19.5 Å². The summed E-state index contributed by atoms with van der Waals surface area (Å²) in [6, 6.07) is 18.9. The molecule has 2 saturated heterocycles. The molecule has 2 aromatic carbocycles. The van der Waals surface area contributed by atoms with Crippen molar-refractivity contribution in [2.24, 2.45) is 11.8 Å². The van der Waals surface area contributed by atoms with Crippen LogP contribution in [0.5, 0.6) is 0 Å². The second-order valence-corrected chi connectivity index (χ2v) is 8.87. The summed E-state index contributed by atoms with van der Waals surface area (Å²) < 4.78 is 5.72. The van der Waals surface area contributed by atoms with E-state index in [9.17, 15) is 14.4 Å². The molecule has 2 aliphatic rings. The fourth-order valence-corrected chi connectivity index (χ4v) is 4.71. The minimum Gasteiger partial charge on any atom is -0.451 e. The molecule has 0 radical (unpaired) electrons. The van der Waals surface area contributed by atoms with Crippen molar-refractivity contribution in [2.45, 2.75) is 19.3 Å². The second kappa shape index (κ2) is 9.10. The minimum absolute atomic E-state index is 0.0150. The maximum Gasteiger partial charge on any atom is 0.289 e. The van der Waals surface area contributed by atoms with Crippen LogP contribution in [-0.4, -0.2) is 48.8 Å². The van der Waals surface area contributed by atoms with Gasteiger partial charge in [-0.1, -0.05) is 36.4 Å². The van der Waals surface area contributed by atoms with Crippen molar-refractivity contribution in [1.82, 2.24) is 10.2 Å². The Balaban J connectivity index is 1.09. The lowest BCUT2D eigenvalue weighted by Gasteiger charge is -2.31. The van der Waals surface area contributed by atoms with Crippen LogP contribution >= 0.6 is 0 Å². The molecule has 7 nitrogen and oxygen atoms in total. The summed E-state index contributed by atoms with van der Waals surface area (Å²) in [7, 11) is 0. The zero-order valence-electron chi connectivity index (χ0n) is 18.4. The first-order chi connectivity index (χ1) is 16.1. The summed E-state index contributed by atoms with van der Waals surface area (Å²) >= 11 is 0. The van der Waals surface area contributed by atoms with Crippen molar-refractivity contribution in [3.05, 3.63) is 66.4 Å². The van der Waals surface area contributed by atoms with Crippen molar-refractivity contribution in [3.8, 4) is 0 Å². The number of nitrogens with zero attached hydrogens (tertiary/aromatic N) is 2. The van der Waals surface area contributed by atoms with E-state index < -0.39 is 0 Å². The summed E-state index contributed by atoms with van der Waals surface area (Å²) in [6.45, 7) is 2.26. The molecule has 33 heavy (non-hydrogen) atoms. The Hall–Kier alpha value is -3.61. The molecular formula is C26H27N3O4. The van der Waals surface area contributed by atoms with Gasteiger partial charge in [0.1, 0.15) is 5.58 Å². The molecule has 1 unspecified atom stereocenters. The fourth-order valence-electron chi connectivity index (χ4n) is 4.71. The van der Waals surface area contributed by atoms with E-state index >= 15 is 0 Å². The number of carbonyl (C=O) groups is 3. The standard InChI is InChI=1S/C26H27N3O4/c30-24-15-20(17-29(24)21-7-2-1-3-8-21)25(31)27-16-18-10-12-28(13-11-18)26(32)23-14-19-6-4-5-9-22(19)33-23/h1-9,14,18,20H,10-13,15-17H2,(H,27,31). The number of carbonyl (C=O) groups excluding carboxylic acids is 3. The smallest absolute Gasteiger partial charge is 0.289 e. The van der Waals surface area contributed by atoms with Crippen molar-refractivity contribution in [2.75, 3.05) is 31.1 Å². The van der Waals surface area contributed by atoms with Crippen molar-refractivity contribution in [3.63, 3.8) is 0 Å². The number of amides is 3. The summed E-state index contributed by atoms with van der Waals surface area (Å²) in [6.07, 6.45) is 1.89. The van der Waals surface area contributed by atoms with Gasteiger partial charge in [-0.15, -0.1) is 0 Å². The van der Waals surface area contributed by atoms with Crippen molar-refractivity contribution < 1.29 is 18.8 Å². The average Bonchev–Trinajstić information content (AvgIpc) is 3.47. The number of para-hydroxylation sites is 2. The number of fused-ring (bicyclic) bond motifs is 1. The summed E-state index contributed by atoms with van der Waals surface area (Å²) in [5.41, 5.74) is 1.55. The molecule has 3 aromatic rings. The lowest BCUT2D eigenvalue weighted by Crippen LogP contribution is -2.42. The van der Waals surface area contributed by atoms with Gasteiger partial charge in [-0.2, -0.15) is 0 Å². The van der Waals surface area contributed by atoms with E-state index in [2.05, 4.69) is 5.32 Å². The number of furan rings is 1. The van der Waals surface area contributed by atoms with Gasteiger partial charge in [0.15, 0.2) is 5.76 Å². The first-order valence-corrected chi connectivity index (χ1v) is 11.5. The number of nitrogens with one attached hydrogen (secondary N) is 1. The molecule has 1 N–H and O–H groups in total. The largest absolute Gasteiger partial charge is 0.451 e. The maximum absolute atomic E-state index is 12.8. The molecule has 170 valence electrons. The molecule has 0 spiro atoms. The highest BCUT2D eigenvalue weighted by Crippen LogP contribution is 2.26. The van der Waals surface area contributed by atoms with E-state index in [1.807, 2.05) is 59.5 Å². The monoisotopic (exact) mass is 445 g/mol. The van der Waals surface area contributed by atoms with Gasteiger partial charge >= 0.3 is 0 Å². The Morgan fingerprint density at radius 3 is 2.48 bits per heavy atom. The van der Waals surface area contributed by atoms with Gasteiger partial charge in [0.25, 0.3) is 5.91 Å². The normalized spacial score (nSPS) is 19.3. The van der Waals surface area contributed by atoms with Gasteiger partial charge in [0.05, 0.1) is 5.92 Å². The zero-order chi connectivity index (χ0) is 22.8. The number of anilines is 1. The van der Waals surface area contributed by atoms with Crippen LogP contribution in [0.4, 0.5) is 5.69 Å². The number of hydrogen-bond acceptors (Lipinski definition) is 4. The molecule has 0 bridgehead atoms. The Labute approximate surface area is 192 Å². The van der Waals surface area contributed by atoms with E-state index in [0.29, 0.717) is 37.9 Å². The Morgan fingerprint density at radius 1 is 1.00 bits per heavy atom. The highest BCUT2D eigenvalue weighted by molar-refractivity contribution is 6.00. The van der Waals surface area contributed by atoms with Crippen LogP contribution in [0.3, 0.4) is 0 Å². The van der Waals surface area contributed by atoms with Gasteiger partial charge in [-0.25, -0.2) is 0 Å². The highest BCUT2D eigenvalue weighted by Gasteiger charge is 2.35. The lowest BCUT2D eigenvalue weighted by molar-refractivity contribution is -0.126. The number of hydrogen-bond donors (Lipinski definition) is 1. The molecule has 0 aliphatic carbocycles. The zero-order valence-corrected chi connectivity index (χ0v) is 18.4. The molecule has 0 saturated carbocycles. The van der Waals surface area contributed by atoms with Crippen LogP contribution in [0.25, 0.3) is 11.0 Å². The molecule has 1 aromatic heterocycles. The van der Waals surface area contributed by atoms with Gasteiger partial charge in [0.2, 0.25) is 11.8 Å². The van der Waals surface area contributed by atoms with E-state index in [4.69, 9.17) is 4.42 Å². The minimum atomic E-state index is -0.326. The van der Waals surface area contributed by atoms with E-state index in [0.717, 1.165) is 29.5 Å². The Morgan fingerprint density at radius 2 is 1.73 bits per heavy atom. The van der Waals surface area contributed by atoms with Gasteiger partial charge in [-0.3, -0.25) is 14.4 Å². The fraction of sp³-hybridized carbons (Fsp3) is 0.346. The Kier molecular flexibility index (Phi) is 5.86. The number of rotatable bonds is 5. The first kappa shape index (κ1) is 21.2.